The van der Waals surface area contributed by atoms with Gasteiger partial charge in [-0.05, 0) is 71.1 Å². The molecule has 4 heteroatoms. The number of benzene rings is 1. The van der Waals surface area contributed by atoms with Crippen LogP contribution < -0.4 is 5.73 Å². The third-order valence-electron chi connectivity index (χ3n) is 4.20. The number of amides is 1. The summed E-state index contributed by atoms with van der Waals surface area (Å²) in [4.78, 5) is 14.3. The summed E-state index contributed by atoms with van der Waals surface area (Å²) < 4.78 is 5.54. The summed E-state index contributed by atoms with van der Waals surface area (Å²) in [6.45, 7) is 10.6. The van der Waals surface area contributed by atoms with Crippen LogP contribution in [-0.2, 0) is 4.74 Å². The van der Waals surface area contributed by atoms with Crippen LogP contribution in [0, 0.1) is 0 Å². The first-order valence-corrected chi connectivity index (χ1v) is 7.94. The van der Waals surface area contributed by atoms with E-state index in [2.05, 4.69) is 26.0 Å². The number of nitrogens with zero attached hydrogens (tertiary/aromatic N) is 1. The summed E-state index contributed by atoms with van der Waals surface area (Å²) in [5.41, 5.74) is 7.17. The number of piperidine rings is 1. The van der Waals surface area contributed by atoms with E-state index in [0.717, 1.165) is 25.1 Å². The molecule has 1 aromatic carbocycles. The van der Waals surface area contributed by atoms with Crippen molar-refractivity contribution < 1.29 is 9.53 Å². The lowest BCUT2D eigenvalue weighted by Gasteiger charge is -2.45. The summed E-state index contributed by atoms with van der Waals surface area (Å²) in [6.07, 6.45) is 1.66. The second-order valence-corrected chi connectivity index (χ2v) is 7.80. The molecule has 0 aliphatic carbocycles. The molecule has 4 nitrogen and oxygen atoms in total. The summed E-state index contributed by atoms with van der Waals surface area (Å²) in [6, 6.07) is 8.09. The zero-order valence-corrected chi connectivity index (χ0v) is 14.3. The predicted molar refractivity (Wildman–Crippen MR) is 89.8 cm³/mol. The minimum absolute atomic E-state index is 0.215. The van der Waals surface area contributed by atoms with Crippen LogP contribution in [0.1, 0.15) is 58.9 Å². The van der Waals surface area contributed by atoms with Gasteiger partial charge in [-0.3, -0.25) is 0 Å². The minimum atomic E-state index is -0.457. The zero-order valence-electron chi connectivity index (χ0n) is 14.3. The van der Waals surface area contributed by atoms with Crippen LogP contribution in [0.2, 0.25) is 0 Å². The average Bonchev–Trinajstić information content (AvgIpc) is 2.36. The maximum Gasteiger partial charge on any atom is 0.410 e. The molecule has 0 bridgehead atoms. The van der Waals surface area contributed by atoms with Crippen molar-refractivity contribution >= 4 is 11.8 Å². The molecule has 1 saturated heterocycles. The molecule has 0 saturated carbocycles. The van der Waals surface area contributed by atoms with Gasteiger partial charge in [-0.25, -0.2) is 4.79 Å². The Morgan fingerprint density at radius 1 is 1.27 bits per heavy atom. The number of nitrogen functional groups attached to an aromatic ring is 1. The molecule has 2 N–H and O–H groups in total. The molecule has 1 atom stereocenters. The largest absolute Gasteiger partial charge is 0.444 e. The maximum atomic E-state index is 12.4. The van der Waals surface area contributed by atoms with Gasteiger partial charge in [-0.15, -0.1) is 0 Å². The number of ether oxygens (including phenoxy) is 1. The van der Waals surface area contributed by atoms with Crippen LogP contribution in [0.3, 0.4) is 0 Å². The Morgan fingerprint density at radius 2 is 1.86 bits per heavy atom. The minimum Gasteiger partial charge on any atom is -0.444 e. The zero-order chi connectivity index (χ0) is 16.5. The van der Waals surface area contributed by atoms with Crippen molar-refractivity contribution in [2.45, 2.75) is 64.5 Å². The monoisotopic (exact) mass is 304 g/mol. The third kappa shape index (κ3) is 3.93. The van der Waals surface area contributed by atoms with Gasteiger partial charge in [0.25, 0.3) is 0 Å². The van der Waals surface area contributed by atoms with Gasteiger partial charge in [0.2, 0.25) is 0 Å². The quantitative estimate of drug-likeness (QED) is 0.792. The Hall–Kier alpha value is -1.71. The number of likely N-dealkylation sites (tertiary alicyclic amines) is 1. The predicted octanol–water partition coefficient (Wildman–Crippen LogP) is 4.16. The van der Waals surface area contributed by atoms with Crippen LogP contribution in [0.25, 0.3) is 0 Å². The van der Waals surface area contributed by atoms with E-state index in [0.29, 0.717) is 5.92 Å². The molecule has 1 aromatic rings. The first-order chi connectivity index (χ1) is 10.1. The first kappa shape index (κ1) is 16.7. The number of hydrogen-bond donors (Lipinski definition) is 1. The van der Waals surface area contributed by atoms with Gasteiger partial charge in [-0.2, -0.15) is 0 Å². The lowest BCUT2D eigenvalue weighted by Crippen LogP contribution is -2.53. The molecular weight excluding hydrogens is 276 g/mol. The average molecular weight is 304 g/mol. The molecule has 1 aliphatic rings. The normalized spacial score (nSPS) is 21.5. The first-order valence-electron chi connectivity index (χ1n) is 7.94. The van der Waals surface area contributed by atoms with E-state index in [1.54, 1.807) is 0 Å². The molecule has 1 fully saturated rings. The third-order valence-corrected chi connectivity index (χ3v) is 4.20. The van der Waals surface area contributed by atoms with E-state index in [9.17, 15) is 4.79 Å². The molecule has 2 rings (SSSR count). The van der Waals surface area contributed by atoms with E-state index in [-0.39, 0.29) is 11.6 Å². The Bertz CT molecular complexity index is 529. The van der Waals surface area contributed by atoms with Crippen molar-refractivity contribution in [3.63, 3.8) is 0 Å². The van der Waals surface area contributed by atoms with Gasteiger partial charge < -0.3 is 15.4 Å². The highest BCUT2D eigenvalue weighted by atomic mass is 16.6. The van der Waals surface area contributed by atoms with Gasteiger partial charge in [0.15, 0.2) is 0 Å². The number of nitrogens with two attached hydrogens (primary N) is 1. The number of hydrogen-bond acceptors (Lipinski definition) is 3. The molecule has 22 heavy (non-hydrogen) atoms. The van der Waals surface area contributed by atoms with Crippen molar-refractivity contribution in [2.75, 3.05) is 12.3 Å². The van der Waals surface area contributed by atoms with Crippen LogP contribution in [0.5, 0.6) is 0 Å². The number of carbonyl (C=O) groups is 1. The number of carbonyl (C=O) groups excluding carboxylic acids is 1. The number of rotatable bonds is 1. The van der Waals surface area contributed by atoms with E-state index >= 15 is 0 Å². The Labute approximate surface area is 133 Å². The van der Waals surface area contributed by atoms with E-state index in [4.69, 9.17) is 10.5 Å². The molecule has 1 heterocycles. The van der Waals surface area contributed by atoms with Crippen LogP contribution in [0.15, 0.2) is 24.3 Å². The molecular formula is C18H28N2O2. The van der Waals surface area contributed by atoms with E-state index in [1.807, 2.05) is 37.8 Å². The molecule has 0 spiro atoms. The highest BCUT2D eigenvalue weighted by Crippen LogP contribution is 2.38. The van der Waals surface area contributed by atoms with Crippen molar-refractivity contribution in [1.82, 2.24) is 4.90 Å². The van der Waals surface area contributed by atoms with Crippen molar-refractivity contribution in [3.05, 3.63) is 29.8 Å². The Balaban J connectivity index is 2.09. The Kier molecular flexibility index (Phi) is 4.41. The lowest BCUT2D eigenvalue weighted by atomic mass is 9.79. The van der Waals surface area contributed by atoms with Crippen molar-refractivity contribution in [1.29, 1.82) is 0 Å². The highest BCUT2D eigenvalue weighted by molar-refractivity contribution is 5.69. The molecule has 1 aliphatic heterocycles. The second-order valence-electron chi connectivity index (χ2n) is 7.80. The van der Waals surface area contributed by atoms with Gasteiger partial charge >= 0.3 is 6.09 Å². The van der Waals surface area contributed by atoms with E-state index in [1.165, 1.54) is 5.56 Å². The second kappa shape index (κ2) is 5.82. The molecule has 0 aromatic heterocycles. The SMILES string of the molecule is CC(C)(C)OC(=O)N1CC[C@H](c2ccc(N)cc2)CC1(C)C. The summed E-state index contributed by atoms with van der Waals surface area (Å²) >= 11 is 0. The standard InChI is InChI=1S/C18H28N2O2/c1-17(2,3)22-16(21)20-11-10-14(12-18(20,4)5)13-6-8-15(19)9-7-13/h6-9,14H,10-12,19H2,1-5H3/t14-/m0/s1. The van der Waals surface area contributed by atoms with Gasteiger partial charge in [0.05, 0.1) is 0 Å². The summed E-state index contributed by atoms with van der Waals surface area (Å²) in [5, 5.41) is 0. The smallest absolute Gasteiger partial charge is 0.410 e. The van der Waals surface area contributed by atoms with Crippen molar-refractivity contribution in [3.8, 4) is 0 Å². The van der Waals surface area contributed by atoms with Crippen LogP contribution in [-0.4, -0.2) is 28.7 Å². The lowest BCUT2D eigenvalue weighted by molar-refractivity contribution is -0.00931. The summed E-state index contributed by atoms with van der Waals surface area (Å²) in [5.74, 6) is 0.453. The van der Waals surface area contributed by atoms with Gasteiger partial charge in [0.1, 0.15) is 5.60 Å². The molecule has 122 valence electrons. The van der Waals surface area contributed by atoms with E-state index < -0.39 is 5.60 Å². The van der Waals surface area contributed by atoms with Crippen LogP contribution >= 0.6 is 0 Å². The number of anilines is 1. The topological polar surface area (TPSA) is 55.6 Å². The van der Waals surface area contributed by atoms with Crippen LogP contribution in [0.4, 0.5) is 10.5 Å². The fourth-order valence-electron chi connectivity index (χ4n) is 3.11. The molecule has 0 unspecified atom stereocenters. The highest BCUT2D eigenvalue weighted by Gasteiger charge is 2.39. The van der Waals surface area contributed by atoms with Crippen molar-refractivity contribution in [2.24, 2.45) is 0 Å². The fraction of sp³-hybridized carbons (Fsp3) is 0.611. The fourth-order valence-corrected chi connectivity index (χ4v) is 3.11. The van der Waals surface area contributed by atoms with Gasteiger partial charge in [-0.1, -0.05) is 12.1 Å². The maximum absolute atomic E-state index is 12.4. The molecule has 1 amide bonds. The molecule has 0 radical (unpaired) electrons. The van der Waals surface area contributed by atoms with Gasteiger partial charge in [0, 0.05) is 17.8 Å². The Morgan fingerprint density at radius 3 is 2.36 bits per heavy atom. The summed E-state index contributed by atoms with van der Waals surface area (Å²) in [7, 11) is 0.